The molecular weight excluding hydrogens is 564 g/mol. The van der Waals surface area contributed by atoms with Gasteiger partial charge in [0.1, 0.15) is 28.6 Å². The van der Waals surface area contributed by atoms with Crippen molar-refractivity contribution in [2.45, 2.75) is 13.0 Å². The van der Waals surface area contributed by atoms with Gasteiger partial charge in [-0.25, -0.2) is 9.97 Å². The molecule has 1 amide bonds. The van der Waals surface area contributed by atoms with Crippen LogP contribution in [0.2, 0.25) is 0 Å². The second-order valence-corrected chi connectivity index (χ2v) is 11.0. The van der Waals surface area contributed by atoms with E-state index >= 15 is 0 Å². The number of para-hydroxylation sites is 1. The van der Waals surface area contributed by atoms with Gasteiger partial charge in [0.05, 0.1) is 34.6 Å². The Balaban J connectivity index is 1.43. The van der Waals surface area contributed by atoms with Crippen molar-refractivity contribution >= 4 is 49.8 Å². The Morgan fingerprint density at radius 3 is 2.49 bits per heavy atom. The number of imidazole rings is 1. The molecule has 1 fully saturated rings. The first-order valence-corrected chi connectivity index (χ1v) is 14.3. The van der Waals surface area contributed by atoms with Crippen LogP contribution in [0.5, 0.6) is 17.2 Å². The number of nitrogens with zero attached hydrogens (tertiary/aromatic N) is 4. The summed E-state index contributed by atoms with van der Waals surface area (Å²) in [6.07, 6.45) is 1.75. The van der Waals surface area contributed by atoms with Crippen LogP contribution in [-0.4, -0.2) is 38.3 Å². The molecule has 212 valence electrons. The summed E-state index contributed by atoms with van der Waals surface area (Å²) >= 11 is 1.26. The highest BCUT2D eigenvalue weighted by Crippen LogP contribution is 2.45. The lowest BCUT2D eigenvalue weighted by atomic mass is 9.96. The summed E-state index contributed by atoms with van der Waals surface area (Å²) in [7, 11) is 1.58. The fraction of sp³-hybridized carbons (Fsp3) is 0.0909. The van der Waals surface area contributed by atoms with Crippen molar-refractivity contribution in [3.8, 4) is 17.2 Å². The summed E-state index contributed by atoms with van der Waals surface area (Å²) in [4.78, 5) is 38.3. The molecule has 1 aliphatic heterocycles. The van der Waals surface area contributed by atoms with Gasteiger partial charge in [-0.05, 0) is 67.1 Å². The molecule has 4 heterocycles. The second kappa shape index (κ2) is 10.4. The minimum Gasteiger partial charge on any atom is -0.505 e. The number of aryl methyl sites for hydroxylation is 1. The first-order valence-electron chi connectivity index (χ1n) is 13.5. The number of aliphatic hydroxyl groups excluding tert-OH is 1. The normalized spacial score (nSPS) is 16.3. The number of aromatic nitrogens is 3. The van der Waals surface area contributed by atoms with Crippen LogP contribution < -0.4 is 14.4 Å². The number of ketones is 1. The Labute approximate surface area is 249 Å². The van der Waals surface area contributed by atoms with Crippen LogP contribution in [0.15, 0.2) is 103 Å². The van der Waals surface area contributed by atoms with Gasteiger partial charge in [-0.2, -0.15) is 0 Å². The fourth-order valence-electron chi connectivity index (χ4n) is 5.37. The van der Waals surface area contributed by atoms with Crippen LogP contribution in [0, 0.1) is 6.92 Å². The fourth-order valence-corrected chi connectivity index (χ4v) is 6.39. The number of thiazole rings is 1. The Morgan fingerprint density at radius 1 is 0.884 bits per heavy atom. The predicted octanol–water partition coefficient (Wildman–Crippen LogP) is 6.68. The maximum absolute atomic E-state index is 13.8. The maximum atomic E-state index is 13.8. The van der Waals surface area contributed by atoms with E-state index < -0.39 is 17.7 Å². The van der Waals surface area contributed by atoms with E-state index in [1.165, 1.54) is 16.2 Å². The average Bonchev–Trinajstić information content (AvgIpc) is 3.67. The summed E-state index contributed by atoms with van der Waals surface area (Å²) in [5, 5.41) is 12.2. The van der Waals surface area contributed by atoms with Crippen LogP contribution in [0.4, 0.5) is 5.13 Å². The van der Waals surface area contributed by atoms with Gasteiger partial charge < -0.3 is 14.6 Å². The van der Waals surface area contributed by atoms with Gasteiger partial charge in [0.2, 0.25) is 0 Å². The SMILES string of the molecule is COc1ccc2nc(N3C(=O)C(=O)/C(=C(/O)c4c(C)nc5ccccn45)C3c3cccc(Oc4ccccc4)c3)sc2c1. The number of aliphatic hydroxyl groups is 1. The smallest absolute Gasteiger partial charge is 0.301 e. The van der Waals surface area contributed by atoms with Crippen molar-refractivity contribution < 1.29 is 24.2 Å². The third-order valence-electron chi connectivity index (χ3n) is 7.32. The van der Waals surface area contributed by atoms with Crippen molar-refractivity contribution in [2.24, 2.45) is 0 Å². The van der Waals surface area contributed by atoms with Crippen LogP contribution in [0.3, 0.4) is 0 Å². The Bertz CT molecular complexity index is 2080. The summed E-state index contributed by atoms with van der Waals surface area (Å²) in [5.74, 6) is -0.142. The van der Waals surface area contributed by atoms with E-state index in [2.05, 4.69) is 4.98 Å². The summed E-state index contributed by atoms with van der Waals surface area (Å²) in [6.45, 7) is 1.75. The zero-order valence-electron chi connectivity index (χ0n) is 23.1. The van der Waals surface area contributed by atoms with Crippen molar-refractivity contribution in [1.29, 1.82) is 0 Å². The molecule has 1 saturated heterocycles. The Hall–Kier alpha value is -5.48. The highest BCUT2D eigenvalue weighted by Gasteiger charge is 2.48. The molecule has 7 rings (SSSR count). The number of amides is 1. The van der Waals surface area contributed by atoms with Crippen molar-refractivity contribution in [1.82, 2.24) is 14.4 Å². The number of Topliss-reactive ketones (excluding diaryl/α,β-unsaturated/α-hetero) is 1. The van der Waals surface area contributed by atoms with Gasteiger partial charge in [-0.1, -0.05) is 47.7 Å². The molecule has 0 aliphatic carbocycles. The molecule has 10 heteroatoms. The number of hydrogen-bond acceptors (Lipinski definition) is 8. The topological polar surface area (TPSA) is 106 Å². The third kappa shape index (κ3) is 4.48. The minimum atomic E-state index is -0.990. The van der Waals surface area contributed by atoms with E-state index in [0.29, 0.717) is 50.5 Å². The molecule has 9 nitrogen and oxygen atoms in total. The van der Waals surface area contributed by atoms with Gasteiger partial charge in [-0.3, -0.25) is 18.9 Å². The van der Waals surface area contributed by atoms with Crippen LogP contribution in [-0.2, 0) is 9.59 Å². The van der Waals surface area contributed by atoms with Gasteiger partial charge in [0, 0.05) is 6.20 Å². The molecule has 1 unspecified atom stereocenters. The quantitative estimate of drug-likeness (QED) is 0.131. The summed E-state index contributed by atoms with van der Waals surface area (Å²) < 4.78 is 13.9. The molecule has 3 aromatic heterocycles. The highest BCUT2D eigenvalue weighted by molar-refractivity contribution is 7.22. The standard InChI is InChI=1S/C33H24N4O5S/c1-19-28(36-16-7-6-13-26(36)34-19)30(38)27-29(20-9-8-12-23(17-20)42-21-10-4-3-5-11-21)37(32(40)31(27)39)33-35-24-15-14-22(41-2)18-25(24)43-33/h3-18,29,38H,1-2H3/b30-27+. The second-order valence-electron chi connectivity index (χ2n) is 9.96. The maximum Gasteiger partial charge on any atom is 0.301 e. The third-order valence-corrected chi connectivity index (χ3v) is 8.33. The van der Waals surface area contributed by atoms with E-state index in [0.717, 1.165) is 4.70 Å². The number of anilines is 1. The first kappa shape index (κ1) is 26.4. The largest absolute Gasteiger partial charge is 0.505 e. The lowest BCUT2D eigenvalue weighted by Crippen LogP contribution is -2.29. The zero-order chi connectivity index (χ0) is 29.7. The number of pyridine rings is 1. The van der Waals surface area contributed by atoms with E-state index in [1.807, 2.05) is 42.5 Å². The molecule has 43 heavy (non-hydrogen) atoms. The number of rotatable bonds is 6. The van der Waals surface area contributed by atoms with Gasteiger partial charge in [0.25, 0.3) is 5.78 Å². The highest BCUT2D eigenvalue weighted by atomic mass is 32.1. The lowest BCUT2D eigenvalue weighted by Gasteiger charge is -2.23. The van der Waals surface area contributed by atoms with Gasteiger partial charge >= 0.3 is 5.91 Å². The van der Waals surface area contributed by atoms with Crippen molar-refractivity contribution in [3.63, 3.8) is 0 Å². The van der Waals surface area contributed by atoms with E-state index in [9.17, 15) is 14.7 Å². The number of methoxy groups -OCH3 is 1. The monoisotopic (exact) mass is 588 g/mol. The van der Waals surface area contributed by atoms with Gasteiger partial charge in [-0.15, -0.1) is 0 Å². The zero-order valence-corrected chi connectivity index (χ0v) is 23.9. The Kier molecular flexibility index (Phi) is 6.40. The molecule has 0 spiro atoms. The molecule has 1 atom stereocenters. The average molecular weight is 589 g/mol. The predicted molar refractivity (Wildman–Crippen MR) is 164 cm³/mol. The number of ether oxygens (including phenoxy) is 2. The molecule has 0 radical (unpaired) electrons. The molecular formula is C33H24N4O5S. The molecule has 0 bridgehead atoms. The minimum absolute atomic E-state index is 0.0625. The van der Waals surface area contributed by atoms with Crippen molar-refractivity contribution in [3.05, 3.63) is 120 Å². The number of carbonyl (C=O) groups is 2. The molecule has 3 aromatic carbocycles. The molecule has 0 saturated carbocycles. The van der Waals surface area contributed by atoms with Crippen LogP contribution in [0.1, 0.15) is 23.0 Å². The first-order chi connectivity index (χ1) is 20.9. The number of benzene rings is 3. The van der Waals surface area contributed by atoms with Crippen molar-refractivity contribution in [2.75, 3.05) is 12.0 Å². The summed E-state index contributed by atoms with van der Waals surface area (Å²) in [5.41, 5.74) is 2.61. The number of hydrogen-bond donors (Lipinski definition) is 1. The van der Waals surface area contributed by atoms with Gasteiger partial charge in [0.15, 0.2) is 10.9 Å². The lowest BCUT2D eigenvalue weighted by molar-refractivity contribution is -0.132. The van der Waals surface area contributed by atoms with E-state index in [-0.39, 0.29) is 11.3 Å². The van der Waals surface area contributed by atoms with E-state index in [1.54, 1.807) is 73.2 Å². The molecule has 1 N–H and O–H groups in total. The van der Waals surface area contributed by atoms with Crippen LogP contribution in [0.25, 0.3) is 21.6 Å². The molecule has 1 aliphatic rings. The Morgan fingerprint density at radius 2 is 1.67 bits per heavy atom. The summed E-state index contributed by atoms with van der Waals surface area (Å²) in [6, 6.07) is 26.3. The van der Waals surface area contributed by atoms with Crippen LogP contribution >= 0.6 is 11.3 Å². The molecule has 6 aromatic rings. The number of fused-ring (bicyclic) bond motifs is 2. The number of carbonyl (C=O) groups excluding carboxylic acids is 2. The van der Waals surface area contributed by atoms with E-state index in [4.69, 9.17) is 14.5 Å².